The molecule has 0 saturated carbocycles. The van der Waals surface area contributed by atoms with Gasteiger partial charge >= 0.3 is 5.97 Å². The molecule has 2 nitrogen and oxygen atoms in total. The maximum atomic E-state index is 10.6. The molecule has 160 valence electrons. The molecule has 0 aromatic rings. The first-order chi connectivity index (χ1) is 13.2. The summed E-state index contributed by atoms with van der Waals surface area (Å²) in [7, 11) is 0. The molecule has 0 unspecified atom stereocenters. The number of unbranched alkanes of at least 4 members (excludes halogenated alkanes) is 19. The zero-order valence-corrected chi connectivity index (χ0v) is 18.4. The average Bonchev–Trinajstić information content (AvgIpc) is 2.66. The van der Waals surface area contributed by atoms with E-state index in [0.29, 0.717) is 12.0 Å². The minimum absolute atomic E-state index is 0.359. The summed E-state index contributed by atoms with van der Waals surface area (Å²) in [5.41, 5.74) is 0.359. The predicted octanol–water partition coefficient (Wildman–Crippen LogP) is 8.84. The van der Waals surface area contributed by atoms with Crippen LogP contribution >= 0.6 is 0 Å². The van der Waals surface area contributed by atoms with E-state index in [4.69, 9.17) is 5.11 Å². The number of carbonyl (C=O) groups is 1. The highest BCUT2D eigenvalue weighted by Gasteiger charge is 2.02. The first kappa shape index (κ1) is 26.2. The van der Waals surface area contributed by atoms with Gasteiger partial charge in [-0.25, -0.2) is 4.79 Å². The van der Waals surface area contributed by atoms with Crippen LogP contribution in [0.3, 0.4) is 0 Å². The third-order valence-corrected chi connectivity index (χ3v) is 5.63. The number of aliphatic carboxylic acids is 1. The predicted molar refractivity (Wildman–Crippen MR) is 119 cm³/mol. The van der Waals surface area contributed by atoms with Crippen molar-refractivity contribution in [1.82, 2.24) is 0 Å². The zero-order chi connectivity index (χ0) is 20.0. The van der Waals surface area contributed by atoms with Crippen LogP contribution in [0.4, 0.5) is 0 Å². The largest absolute Gasteiger partial charge is 0.478 e. The molecule has 0 fully saturated rings. The van der Waals surface area contributed by atoms with Crippen LogP contribution in [-0.4, -0.2) is 11.1 Å². The fourth-order valence-corrected chi connectivity index (χ4v) is 3.70. The Bertz CT molecular complexity index is 335. The third-order valence-electron chi connectivity index (χ3n) is 5.63. The highest BCUT2D eigenvalue weighted by Crippen LogP contribution is 2.15. The van der Waals surface area contributed by atoms with Gasteiger partial charge in [0, 0.05) is 5.57 Å². The Balaban J connectivity index is 3.05. The molecule has 0 heterocycles. The molecular formula is C25H48O2. The lowest BCUT2D eigenvalue weighted by Crippen LogP contribution is -1.98. The Morgan fingerprint density at radius 1 is 0.556 bits per heavy atom. The maximum Gasteiger partial charge on any atom is 0.330 e. The van der Waals surface area contributed by atoms with Gasteiger partial charge in [-0.1, -0.05) is 135 Å². The summed E-state index contributed by atoms with van der Waals surface area (Å²) in [5, 5.41) is 8.74. The molecule has 0 bridgehead atoms. The molecule has 0 spiro atoms. The molecule has 27 heavy (non-hydrogen) atoms. The summed E-state index contributed by atoms with van der Waals surface area (Å²) in [6, 6.07) is 0. The van der Waals surface area contributed by atoms with Crippen molar-refractivity contribution in [2.75, 3.05) is 0 Å². The molecule has 0 rings (SSSR count). The average molecular weight is 381 g/mol. The fraction of sp³-hybridized carbons (Fsp3) is 0.880. The second-order valence-electron chi connectivity index (χ2n) is 8.38. The number of hydrogen-bond donors (Lipinski definition) is 1. The van der Waals surface area contributed by atoms with Crippen molar-refractivity contribution >= 4 is 5.97 Å². The summed E-state index contributed by atoms with van der Waals surface area (Å²) in [6.45, 7) is 5.86. The van der Waals surface area contributed by atoms with Crippen molar-refractivity contribution in [3.8, 4) is 0 Å². The number of carboxylic acid groups (broad SMARTS) is 1. The smallest absolute Gasteiger partial charge is 0.330 e. The number of hydrogen-bond acceptors (Lipinski definition) is 1. The molecule has 0 aromatic carbocycles. The lowest BCUT2D eigenvalue weighted by Gasteiger charge is -2.04. The fourth-order valence-electron chi connectivity index (χ4n) is 3.70. The molecule has 0 atom stereocenters. The highest BCUT2D eigenvalue weighted by atomic mass is 16.4. The molecule has 2 heteroatoms. The van der Waals surface area contributed by atoms with Crippen molar-refractivity contribution in [2.24, 2.45) is 0 Å². The molecule has 0 aliphatic carbocycles. The van der Waals surface area contributed by atoms with E-state index in [9.17, 15) is 4.79 Å². The van der Waals surface area contributed by atoms with Gasteiger partial charge < -0.3 is 5.11 Å². The topological polar surface area (TPSA) is 37.3 Å². The van der Waals surface area contributed by atoms with Crippen molar-refractivity contribution in [3.05, 3.63) is 12.2 Å². The molecular weight excluding hydrogens is 332 g/mol. The molecule has 1 N–H and O–H groups in total. The van der Waals surface area contributed by atoms with Crippen molar-refractivity contribution in [2.45, 2.75) is 142 Å². The van der Waals surface area contributed by atoms with Gasteiger partial charge in [-0.3, -0.25) is 0 Å². The van der Waals surface area contributed by atoms with Crippen molar-refractivity contribution in [1.29, 1.82) is 0 Å². The van der Waals surface area contributed by atoms with E-state index in [-0.39, 0.29) is 0 Å². The summed E-state index contributed by atoms with van der Waals surface area (Å²) in [6.07, 6.45) is 28.1. The van der Waals surface area contributed by atoms with Gasteiger partial charge in [0.25, 0.3) is 0 Å². The monoisotopic (exact) mass is 380 g/mol. The lowest BCUT2D eigenvalue weighted by atomic mass is 10.0. The van der Waals surface area contributed by atoms with Crippen LogP contribution in [-0.2, 0) is 4.79 Å². The number of carboxylic acids is 1. The summed E-state index contributed by atoms with van der Waals surface area (Å²) in [5.74, 6) is -0.840. The Morgan fingerprint density at radius 2 is 0.815 bits per heavy atom. The van der Waals surface area contributed by atoms with Crippen molar-refractivity contribution in [3.63, 3.8) is 0 Å². The molecule has 0 aromatic heterocycles. The van der Waals surface area contributed by atoms with Gasteiger partial charge in [-0.05, 0) is 12.8 Å². The standard InChI is InChI=1S/C25H48O2/c1-3-4-5-6-7-8-9-10-11-12-13-14-15-16-17-18-19-20-21-22-23-24(2)25(26)27/h2-23H2,1H3,(H,26,27). The molecule has 0 aliphatic rings. The molecule has 0 amide bonds. The van der Waals surface area contributed by atoms with Gasteiger partial charge in [-0.2, -0.15) is 0 Å². The SMILES string of the molecule is C=C(CCCCCCCCCCCCCCCCCCCCCC)C(=O)O. The van der Waals surface area contributed by atoms with Gasteiger partial charge in [0.05, 0.1) is 0 Å². The van der Waals surface area contributed by atoms with Crippen LogP contribution < -0.4 is 0 Å². The first-order valence-corrected chi connectivity index (χ1v) is 12.1. The van der Waals surface area contributed by atoms with Crippen LogP contribution in [0.5, 0.6) is 0 Å². The van der Waals surface area contributed by atoms with Gasteiger partial charge in [0.15, 0.2) is 0 Å². The zero-order valence-electron chi connectivity index (χ0n) is 18.4. The first-order valence-electron chi connectivity index (χ1n) is 12.1. The van der Waals surface area contributed by atoms with Crippen molar-refractivity contribution < 1.29 is 9.90 Å². The van der Waals surface area contributed by atoms with Crippen LogP contribution in [0.15, 0.2) is 12.2 Å². The van der Waals surface area contributed by atoms with Gasteiger partial charge in [0.2, 0.25) is 0 Å². The molecule has 0 saturated heterocycles. The minimum atomic E-state index is -0.840. The minimum Gasteiger partial charge on any atom is -0.478 e. The Morgan fingerprint density at radius 3 is 1.07 bits per heavy atom. The molecule has 0 radical (unpaired) electrons. The summed E-state index contributed by atoms with van der Waals surface area (Å²) in [4.78, 5) is 10.6. The maximum absolute atomic E-state index is 10.6. The summed E-state index contributed by atoms with van der Waals surface area (Å²) < 4.78 is 0. The van der Waals surface area contributed by atoms with Gasteiger partial charge in [-0.15, -0.1) is 0 Å². The van der Waals surface area contributed by atoms with E-state index in [1.807, 2.05) is 0 Å². The Labute approximate surface area is 170 Å². The van der Waals surface area contributed by atoms with E-state index in [2.05, 4.69) is 13.5 Å². The Hall–Kier alpha value is -0.790. The molecule has 0 aliphatic heterocycles. The van der Waals surface area contributed by atoms with Crippen LogP contribution in [0.2, 0.25) is 0 Å². The van der Waals surface area contributed by atoms with Crippen LogP contribution in [0.25, 0.3) is 0 Å². The highest BCUT2D eigenvalue weighted by molar-refractivity contribution is 5.85. The quantitative estimate of drug-likeness (QED) is 0.150. The normalized spacial score (nSPS) is 11.0. The van der Waals surface area contributed by atoms with Crippen LogP contribution in [0.1, 0.15) is 142 Å². The second kappa shape index (κ2) is 21.5. The van der Waals surface area contributed by atoms with Crippen LogP contribution in [0, 0.1) is 0 Å². The summed E-state index contributed by atoms with van der Waals surface area (Å²) >= 11 is 0. The lowest BCUT2D eigenvalue weighted by molar-refractivity contribution is -0.132. The van der Waals surface area contributed by atoms with Gasteiger partial charge in [0.1, 0.15) is 0 Å². The number of rotatable bonds is 22. The third kappa shape index (κ3) is 21.4. The van der Waals surface area contributed by atoms with E-state index < -0.39 is 5.97 Å². The Kier molecular flexibility index (Phi) is 20.9. The second-order valence-corrected chi connectivity index (χ2v) is 8.38. The van der Waals surface area contributed by atoms with E-state index in [1.54, 1.807) is 0 Å². The van der Waals surface area contributed by atoms with E-state index in [0.717, 1.165) is 12.8 Å². The van der Waals surface area contributed by atoms with E-state index >= 15 is 0 Å². The van der Waals surface area contributed by atoms with E-state index in [1.165, 1.54) is 116 Å².